The van der Waals surface area contributed by atoms with Crippen LogP contribution in [-0.4, -0.2) is 31.3 Å². The molecule has 210 valence electrons. The van der Waals surface area contributed by atoms with Crippen LogP contribution in [0, 0.1) is 35.0 Å². The molecule has 2 nitrogen and oxygen atoms in total. The number of unbranched alkanes of at least 4 members (excludes halogenated alkanes) is 2. The quantitative estimate of drug-likeness (QED) is 0.119. The van der Waals surface area contributed by atoms with Gasteiger partial charge in [-0.3, -0.25) is 0 Å². The van der Waals surface area contributed by atoms with Gasteiger partial charge < -0.3 is 9.47 Å². The summed E-state index contributed by atoms with van der Waals surface area (Å²) in [5.41, 5.74) is 0.0836. The largest absolute Gasteiger partial charge is 0.381 e. The third-order valence-electron chi connectivity index (χ3n) is 8.52. The lowest BCUT2D eigenvalue weighted by Crippen LogP contribution is -2.44. The minimum Gasteiger partial charge on any atom is -0.381 e. The highest BCUT2D eigenvalue weighted by Gasteiger charge is 2.44. The van der Waals surface area contributed by atoms with Crippen LogP contribution in [-0.2, 0) is 9.47 Å². The molecule has 0 bridgehead atoms. The monoisotopic (exact) mass is 514 g/mol. The van der Waals surface area contributed by atoms with E-state index in [1.807, 2.05) is 0 Å². The predicted molar refractivity (Wildman–Crippen MR) is 156 cm³/mol. The lowest BCUT2D eigenvalue weighted by molar-refractivity contribution is -0.0816. The van der Waals surface area contributed by atoms with Crippen molar-refractivity contribution in [3.05, 3.63) is 0 Å². The molecule has 0 spiro atoms. The highest BCUT2D eigenvalue weighted by molar-refractivity contribution is 6.23. The van der Waals surface area contributed by atoms with Gasteiger partial charge in [-0.25, -0.2) is 0 Å². The molecule has 1 aliphatic carbocycles. The van der Waals surface area contributed by atoms with E-state index in [0.29, 0.717) is 17.8 Å². The second-order valence-corrected chi connectivity index (χ2v) is 14.1. The minimum absolute atomic E-state index is 0.0836. The van der Waals surface area contributed by atoms with Crippen molar-refractivity contribution in [3.63, 3.8) is 0 Å². The summed E-state index contributed by atoms with van der Waals surface area (Å²) in [7, 11) is 0. The van der Waals surface area contributed by atoms with Crippen molar-refractivity contribution in [2.24, 2.45) is 35.0 Å². The molecule has 2 atom stereocenters. The molecule has 0 aromatic carbocycles. The van der Waals surface area contributed by atoms with Gasteiger partial charge in [-0.1, -0.05) is 68.2 Å². The molecule has 0 aromatic heterocycles. The van der Waals surface area contributed by atoms with Crippen LogP contribution in [0.3, 0.4) is 0 Å². The highest BCUT2D eigenvalue weighted by atomic mass is 35.5. The van der Waals surface area contributed by atoms with Crippen LogP contribution in [0.25, 0.3) is 0 Å². The Labute approximate surface area is 226 Å². The molecule has 0 N–H and O–H groups in total. The summed E-state index contributed by atoms with van der Waals surface area (Å²) in [6, 6.07) is 0. The lowest BCUT2D eigenvalue weighted by atomic mass is 9.62. The van der Waals surface area contributed by atoms with E-state index < -0.39 is 0 Å². The maximum absolute atomic E-state index is 7.52. The maximum atomic E-state index is 7.52. The van der Waals surface area contributed by atoms with Crippen LogP contribution >= 0.6 is 11.6 Å². The number of alkyl halides is 1. The van der Waals surface area contributed by atoms with Crippen molar-refractivity contribution in [1.29, 1.82) is 0 Å². The van der Waals surface area contributed by atoms with Crippen LogP contribution in [0.15, 0.2) is 0 Å². The number of halogens is 1. The summed E-state index contributed by atoms with van der Waals surface area (Å²) < 4.78 is 12.9. The molecule has 0 aromatic rings. The van der Waals surface area contributed by atoms with E-state index in [1.54, 1.807) is 0 Å². The van der Waals surface area contributed by atoms with Gasteiger partial charge in [-0.15, -0.1) is 11.6 Å². The lowest BCUT2D eigenvalue weighted by Gasteiger charge is -2.47. The minimum atomic E-state index is -0.0987. The Balaban J connectivity index is 3.16. The predicted octanol–water partition coefficient (Wildman–Crippen LogP) is 10.3. The van der Waals surface area contributed by atoms with Crippen molar-refractivity contribution in [2.75, 3.05) is 26.4 Å². The van der Waals surface area contributed by atoms with Crippen LogP contribution in [0.4, 0.5) is 0 Å². The molecular weight excluding hydrogens is 452 g/mol. The SMILES string of the molecule is CCCCOCC(CCC(Cl)(CCC(C)C)CCC(C)C)(COCCCC)C1CC(C)CC(C)C1. The molecule has 0 saturated heterocycles. The van der Waals surface area contributed by atoms with Crippen LogP contribution in [0.2, 0.25) is 0 Å². The Morgan fingerprint density at radius 2 is 1.17 bits per heavy atom. The third kappa shape index (κ3) is 13.5. The summed E-state index contributed by atoms with van der Waals surface area (Å²) in [5, 5.41) is 0. The molecule has 0 radical (unpaired) electrons. The molecule has 1 rings (SSSR count). The van der Waals surface area contributed by atoms with Crippen LogP contribution < -0.4 is 0 Å². The van der Waals surface area contributed by atoms with Gasteiger partial charge in [0.15, 0.2) is 0 Å². The molecule has 1 saturated carbocycles. The summed E-state index contributed by atoms with van der Waals surface area (Å²) >= 11 is 7.52. The Hall–Kier alpha value is 0.210. The molecule has 2 unspecified atom stereocenters. The van der Waals surface area contributed by atoms with E-state index in [1.165, 1.54) is 44.9 Å². The first kappa shape index (κ1) is 33.2. The molecule has 0 amide bonds. The van der Waals surface area contributed by atoms with Gasteiger partial charge in [0.2, 0.25) is 0 Å². The van der Waals surface area contributed by atoms with Crippen molar-refractivity contribution in [1.82, 2.24) is 0 Å². The van der Waals surface area contributed by atoms with Crippen molar-refractivity contribution >= 4 is 11.6 Å². The van der Waals surface area contributed by atoms with Crippen molar-refractivity contribution in [3.8, 4) is 0 Å². The average molecular weight is 515 g/mol. The molecular formula is C32H63ClO2. The van der Waals surface area contributed by atoms with Crippen LogP contribution in [0.1, 0.15) is 139 Å². The number of hydrogen-bond donors (Lipinski definition) is 0. The zero-order valence-corrected chi connectivity index (χ0v) is 25.9. The fraction of sp³-hybridized carbons (Fsp3) is 1.00. The van der Waals surface area contributed by atoms with E-state index >= 15 is 0 Å². The van der Waals surface area contributed by atoms with E-state index in [0.717, 1.165) is 76.8 Å². The number of rotatable bonds is 20. The normalized spacial score (nSPS) is 21.9. The third-order valence-corrected chi connectivity index (χ3v) is 9.09. The van der Waals surface area contributed by atoms with E-state index in [2.05, 4.69) is 55.4 Å². The van der Waals surface area contributed by atoms with Gasteiger partial charge in [0.1, 0.15) is 0 Å². The second-order valence-electron chi connectivity index (χ2n) is 13.3. The summed E-state index contributed by atoms with van der Waals surface area (Å²) in [6.07, 6.45) is 15.5. The van der Waals surface area contributed by atoms with Crippen molar-refractivity contribution < 1.29 is 9.47 Å². The summed E-state index contributed by atoms with van der Waals surface area (Å²) in [4.78, 5) is -0.0987. The van der Waals surface area contributed by atoms with Crippen molar-refractivity contribution in [2.45, 2.75) is 144 Å². The topological polar surface area (TPSA) is 18.5 Å². The zero-order chi connectivity index (χ0) is 26.3. The fourth-order valence-corrected chi connectivity index (χ4v) is 6.37. The molecule has 0 aliphatic heterocycles. The van der Waals surface area contributed by atoms with E-state index in [4.69, 9.17) is 21.1 Å². The first-order valence-corrected chi connectivity index (χ1v) is 15.8. The Morgan fingerprint density at radius 3 is 1.57 bits per heavy atom. The number of ether oxygens (including phenoxy) is 2. The molecule has 35 heavy (non-hydrogen) atoms. The molecule has 3 heteroatoms. The van der Waals surface area contributed by atoms with E-state index in [9.17, 15) is 0 Å². The number of hydrogen-bond acceptors (Lipinski definition) is 2. The van der Waals surface area contributed by atoms with Gasteiger partial charge in [-0.2, -0.15) is 0 Å². The molecule has 1 fully saturated rings. The fourth-order valence-electron chi connectivity index (χ4n) is 6.06. The average Bonchev–Trinajstić information content (AvgIpc) is 2.79. The molecule has 1 aliphatic rings. The van der Waals surface area contributed by atoms with Gasteiger partial charge in [0.05, 0.1) is 13.2 Å². The first-order chi connectivity index (χ1) is 16.6. The van der Waals surface area contributed by atoms with Gasteiger partial charge >= 0.3 is 0 Å². The van der Waals surface area contributed by atoms with Gasteiger partial charge in [0.25, 0.3) is 0 Å². The Morgan fingerprint density at radius 1 is 0.714 bits per heavy atom. The van der Waals surface area contributed by atoms with E-state index in [-0.39, 0.29) is 10.3 Å². The summed E-state index contributed by atoms with van der Waals surface area (Å²) in [6.45, 7) is 22.2. The Bertz CT molecular complexity index is 484. The van der Waals surface area contributed by atoms with Gasteiger partial charge in [-0.05, 0) is 100 Å². The molecule has 0 heterocycles. The smallest absolute Gasteiger partial charge is 0.0547 e. The van der Waals surface area contributed by atoms with Crippen LogP contribution in [0.5, 0.6) is 0 Å². The highest BCUT2D eigenvalue weighted by Crippen LogP contribution is 2.48. The zero-order valence-electron chi connectivity index (χ0n) is 25.1. The van der Waals surface area contributed by atoms with Gasteiger partial charge in [0, 0.05) is 23.5 Å². The summed E-state index contributed by atoms with van der Waals surface area (Å²) in [5.74, 6) is 3.65. The second kappa shape index (κ2) is 17.7. The Kier molecular flexibility index (Phi) is 16.8. The first-order valence-electron chi connectivity index (χ1n) is 15.4. The maximum Gasteiger partial charge on any atom is 0.0547 e. The standard InChI is InChI=1S/C32H63ClO2/c1-9-11-19-34-24-31(25-35-20-12-10-2,30-22-28(7)21-29(8)23-30)17-18-32(33,15-13-26(3)4)16-14-27(5)6/h26-30H,9-25H2,1-8H3.